The minimum atomic E-state index is 1.01. The summed E-state index contributed by atoms with van der Waals surface area (Å²) >= 11 is 0. The molecule has 122 valence electrons. The predicted octanol–water partition coefficient (Wildman–Crippen LogP) is 6.18. The minimum absolute atomic E-state index is 1.01. The smallest absolute Gasteiger partial charge is 0.0481 e. The number of benzene rings is 3. The van der Waals surface area contributed by atoms with E-state index in [9.17, 15) is 0 Å². The maximum absolute atomic E-state index is 2.46. The second-order valence-corrected chi connectivity index (χ2v) is 6.06. The van der Waals surface area contributed by atoms with Crippen LogP contribution in [0.4, 0.5) is 5.69 Å². The largest absolute Gasteiger partial charge is 0.371 e. The van der Waals surface area contributed by atoms with Gasteiger partial charge in [0, 0.05) is 24.3 Å². The highest BCUT2D eigenvalue weighted by molar-refractivity contribution is 5.93. The van der Waals surface area contributed by atoms with Gasteiger partial charge in [0.2, 0.25) is 0 Å². The normalized spacial score (nSPS) is 10.6. The van der Waals surface area contributed by atoms with Gasteiger partial charge in [-0.15, -0.1) is 0 Å². The molecule has 0 fully saturated rings. The molecule has 1 heteroatoms. The first-order valence-electron chi connectivity index (χ1n) is 8.75. The molecule has 24 heavy (non-hydrogen) atoms. The van der Waals surface area contributed by atoms with Gasteiger partial charge >= 0.3 is 0 Å². The molecular weight excluding hydrogens is 290 g/mol. The quantitative estimate of drug-likeness (QED) is 0.544. The van der Waals surface area contributed by atoms with Crippen molar-refractivity contribution in [2.75, 3.05) is 18.0 Å². The molecule has 1 nitrogen and oxygen atoms in total. The molecule has 0 heterocycles. The standard InChI is InChI=1S/C23H25N/c1-4-24(5-2)23-18(3)16-17-21(19-12-8-6-9-13-19)22(23)20-14-10-7-11-15-20/h6-17H,4-5H2,1-3H3. The van der Waals surface area contributed by atoms with Gasteiger partial charge in [0.1, 0.15) is 0 Å². The summed E-state index contributed by atoms with van der Waals surface area (Å²) in [5, 5.41) is 0. The Balaban J connectivity index is 2.33. The number of nitrogens with zero attached hydrogens (tertiary/aromatic N) is 1. The number of hydrogen-bond acceptors (Lipinski definition) is 1. The molecule has 0 N–H and O–H groups in total. The highest BCUT2D eigenvalue weighted by Crippen LogP contribution is 2.41. The van der Waals surface area contributed by atoms with E-state index in [2.05, 4.69) is 98.5 Å². The summed E-state index contributed by atoms with van der Waals surface area (Å²) in [6, 6.07) is 26.0. The van der Waals surface area contributed by atoms with Crippen LogP contribution in [0.25, 0.3) is 22.3 Å². The summed E-state index contributed by atoms with van der Waals surface area (Å²) < 4.78 is 0. The Morgan fingerprint density at radius 1 is 0.667 bits per heavy atom. The summed E-state index contributed by atoms with van der Waals surface area (Å²) in [5.41, 5.74) is 7.87. The zero-order valence-electron chi connectivity index (χ0n) is 14.8. The third-order valence-corrected chi connectivity index (χ3v) is 4.61. The van der Waals surface area contributed by atoms with E-state index >= 15 is 0 Å². The third kappa shape index (κ3) is 3.07. The van der Waals surface area contributed by atoms with Crippen LogP contribution in [0.5, 0.6) is 0 Å². The lowest BCUT2D eigenvalue weighted by atomic mass is 9.90. The van der Waals surface area contributed by atoms with Gasteiger partial charge in [-0.05, 0) is 43.0 Å². The first kappa shape index (κ1) is 16.3. The second kappa shape index (κ2) is 7.35. The average molecular weight is 315 g/mol. The summed E-state index contributed by atoms with van der Waals surface area (Å²) in [6.07, 6.45) is 0. The Morgan fingerprint density at radius 3 is 1.75 bits per heavy atom. The molecule has 0 aliphatic rings. The molecule has 0 atom stereocenters. The van der Waals surface area contributed by atoms with Gasteiger partial charge in [0.05, 0.1) is 0 Å². The second-order valence-electron chi connectivity index (χ2n) is 6.06. The maximum Gasteiger partial charge on any atom is 0.0481 e. The predicted molar refractivity (Wildman–Crippen MR) is 106 cm³/mol. The van der Waals surface area contributed by atoms with Crippen molar-refractivity contribution in [1.29, 1.82) is 0 Å². The highest BCUT2D eigenvalue weighted by Gasteiger charge is 2.17. The van der Waals surface area contributed by atoms with Gasteiger partial charge < -0.3 is 4.90 Å². The fraction of sp³-hybridized carbons (Fsp3) is 0.217. The van der Waals surface area contributed by atoms with Crippen molar-refractivity contribution in [1.82, 2.24) is 0 Å². The topological polar surface area (TPSA) is 3.24 Å². The van der Waals surface area contributed by atoms with Crippen molar-refractivity contribution in [2.24, 2.45) is 0 Å². The molecule has 0 aromatic heterocycles. The van der Waals surface area contributed by atoms with Crippen molar-refractivity contribution < 1.29 is 0 Å². The molecule has 3 aromatic carbocycles. The molecule has 0 radical (unpaired) electrons. The van der Waals surface area contributed by atoms with E-state index in [4.69, 9.17) is 0 Å². The summed E-state index contributed by atoms with van der Waals surface area (Å²) in [4.78, 5) is 2.46. The first-order valence-corrected chi connectivity index (χ1v) is 8.75. The van der Waals surface area contributed by atoms with Crippen molar-refractivity contribution in [3.8, 4) is 22.3 Å². The molecule has 0 aliphatic heterocycles. The molecule has 0 bridgehead atoms. The number of anilines is 1. The Labute approximate surface area is 145 Å². The zero-order valence-corrected chi connectivity index (χ0v) is 14.8. The Bertz CT molecular complexity index is 787. The number of hydrogen-bond donors (Lipinski definition) is 0. The Hall–Kier alpha value is -2.54. The van der Waals surface area contributed by atoms with Crippen LogP contribution >= 0.6 is 0 Å². The van der Waals surface area contributed by atoms with Gasteiger partial charge in [0.15, 0.2) is 0 Å². The number of aryl methyl sites for hydroxylation is 1. The molecule has 0 saturated carbocycles. The molecule has 3 rings (SSSR count). The van der Waals surface area contributed by atoms with Crippen LogP contribution in [0.2, 0.25) is 0 Å². The Morgan fingerprint density at radius 2 is 1.21 bits per heavy atom. The first-order chi connectivity index (χ1) is 11.8. The summed E-state index contributed by atoms with van der Waals surface area (Å²) in [5.74, 6) is 0. The van der Waals surface area contributed by atoms with Gasteiger partial charge in [-0.2, -0.15) is 0 Å². The highest BCUT2D eigenvalue weighted by atomic mass is 15.1. The van der Waals surface area contributed by atoms with E-state index in [1.807, 2.05) is 0 Å². The van der Waals surface area contributed by atoms with Gasteiger partial charge in [-0.3, -0.25) is 0 Å². The van der Waals surface area contributed by atoms with Crippen LogP contribution in [-0.4, -0.2) is 13.1 Å². The molecular formula is C23H25N. The third-order valence-electron chi connectivity index (χ3n) is 4.61. The summed E-state index contributed by atoms with van der Waals surface area (Å²) in [6.45, 7) is 8.69. The lowest BCUT2D eigenvalue weighted by Gasteiger charge is -2.28. The van der Waals surface area contributed by atoms with Crippen LogP contribution in [0.3, 0.4) is 0 Å². The average Bonchev–Trinajstić information content (AvgIpc) is 2.65. The van der Waals surface area contributed by atoms with Gasteiger partial charge in [0.25, 0.3) is 0 Å². The van der Waals surface area contributed by atoms with E-state index in [1.54, 1.807) is 0 Å². The van der Waals surface area contributed by atoms with Crippen LogP contribution in [-0.2, 0) is 0 Å². The van der Waals surface area contributed by atoms with Gasteiger partial charge in [-0.25, -0.2) is 0 Å². The van der Waals surface area contributed by atoms with Crippen molar-refractivity contribution in [3.63, 3.8) is 0 Å². The molecule has 3 aromatic rings. The SMILES string of the molecule is CCN(CC)c1c(C)ccc(-c2ccccc2)c1-c1ccccc1. The fourth-order valence-corrected chi connectivity index (χ4v) is 3.40. The number of rotatable bonds is 5. The van der Waals surface area contributed by atoms with E-state index in [0.717, 1.165) is 13.1 Å². The summed E-state index contributed by atoms with van der Waals surface area (Å²) in [7, 11) is 0. The molecule has 0 saturated heterocycles. The van der Waals surface area contributed by atoms with Crippen LogP contribution < -0.4 is 4.90 Å². The monoisotopic (exact) mass is 315 g/mol. The maximum atomic E-state index is 2.46. The molecule has 0 amide bonds. The van der Waals surface area contributed by atoms with Crippen LogP contribution in [0.15, 0.2) is 72.8 Å². The van der Waals surface area contributed by atoms with Crippen LogP contribution in [0.1, 0.15) is 19.4 Å². The molecule has 0 aliphatic carbocycles. The van der Waals surface area contributed by atoms with E-state index in [0.29, 0.717) is 0 Å². The lowest BCUT2D eigenvalue weighted by molar-refractivity contribution is 0.863. The zero-order chi connectivity index (χ0) is 16.9. The fourth-order valence-electron chi connectivity index (χ4n) is 3.40. The molecule has 0 spiro atoms. The Kier molecular flexibility index (Phi) is 5.00. The van der Waals surface area contributed by atoms with E-state index < -0.39 is 0 Å². The minimum Gasteiger partial charge on any atom is -0.371 e. The van der Waals surface area contributed by atoms with Crippen molar-refractivity contribution >= 4 is 5.69 Å². The van der Waals surface area contributed by atoms with Crippen molar-refractivity contribution in [3.05, 3.63) is 78.4 Å². The van der Waals surface area contributed by atoms with Crippen LogP contribution in [0, 0.1) is 6.92 Å². The van der Waals surface area contributed by atoms with E-state index in [-0.39, 0.29) is 0 Å². The van der Waals surface area contributed by atoms with E-state index in [1.165, 1.54) is 33.5 Å². The van der Waals surface area contributed by atoms with Gasteiger partial charge in [-0.1, -0.05) is 72.8 Å². The lowest BCUT2D eigenvalue weighted by Crippen LogP contribution is -2.23. The van der Waals surface area contributed by atoms with Crippen molar-refractivity contribution in [2.45, 2.75) is 20.8 Å². The molecule has 0 unspecified atom stereocenters.